The van der Waals surface area contributed by atoms with Crippen molar-refractivity contribution in [2.45, 2.75) is 65.8 Å². The molecule has 0 fully saturated rings. The number of amides is 1. The standard InChI is InChI=1S/C16H27N3O/c1-11(2)9-10-17-16(20)12(3)19-13(4)18-14-7-5-6-8-15(14)19/h11-12H,5-10H2,1-4H3,(H,17,20). The summed E-state index contributed by atoms with van der Waals surface area (Å²) in [7, 11) is 0. The molecular formula is C16H27N3O. The fourth-order valence-corrected chi connectivity index (χ4v) is 2.96. The molecule has 0 saturated carbocycles. The number of hydrogen-bond acceptors (Lipinski definition) is 2. The van der Waals surface area contributed by atoms with E-state index in [0.29, 0.717) is 5.92 Å². The van der Waals surface area contributed by atoms with E-state index in [9.17, 15) is 4.79 Å². The van der Waals surface area contributed by atoms with Gasteiger partial charge in [0.25, 0.3) is 0 Å². The maximum atomic E-state index is 12.3. The summed E-state index contributed by atoms with van der Waals surface area (Å²) in [5, 5.41) is 3.05. The average molecular weight is 277 g/mol. The third-order valence-corrected chi connectivity index (χ3v) is 4.13. The zero-order valence-electron chi connectivity index (χ0n) is 13.2. The van der Waals surface area contributed by atoms with Gasteiger partial charge in [-0.2, -0.15) is 0 Å². The first-order chi connectivity index (χ1) is 9.50. The molecule has 4 heteroatoms. The van der Waals surface area contributed by atoms with E-state index in [1.165, 1.54) is 24.2 Å². The molecular weight excluding hydrogens is 250 g/mol. The lowest BCUT2D eigenvalue weighted by atomic mass is 10.0. The van der Waals surface area contributed by atoms with Gasteiger partial charge >= 0.3 is 0 Å². The topological polar surface area (TPSA) is 46.9 Å². The Bertz CT molecular complexity index is 476. The predicted octanol–water partition coefficient (Wildman–Crippen LogP) is 2.79. The van der Waals surface area contributed by atoms with E-state index in [0.717, 1.165) is 31.6 Å². The van der Waals surface area contributed by atoms with Crippen LogP contribution in [0.25, 0.3) is 0 Å². The van der Waals surface area contributed by atoms with E-state index in [2.05, 4.69) is 28.7 Å². The van der Waals surface area contributed by atoms with Gasteiger partial charge in [0.2, 0.25) is 5.91 Å². The largest absolute Gasteiger partial charge is 0.354 e. The summed E-state index contributed by atoms with van der Waals surface area (Å²) < 4.78 is 2.14. The van der Waals surface area contributed by atoms with Crippen molar-refractivity contribution >= 4 is 5.91 Å². The van der Waals surface area contributed by atoms with Crippen LogP contribution in [0, 0.1) is 12.8 Å². The number of hydrogen-bond donors (Lipinski definition) is 1. The average Bonchev–Trinajstić information content (AvgIpc) is 2.73. The molecule has 0 spiro atoms. The van der Waals surface area contributed by atoms with Gasteiger partial charge in [0.1, 0.15) is 11.9 Å². The second-order valence-corrected chi connectivity index (χ2v) is 6.28. The van der Waals surface area contributed by atoms with Crippen molar-refractivity contribution in [2.24, 2.45) is 5.92 Å². The molecule has 0 saturated heterocycles. The van der Waals surface area contributed by atoms with E-state index >= 15 is 0 Å². The van der Waals surface area contributed by atoms with Crippen LogP contribution in [0.2, 0.25) is 0 Å². The Morgan fingerprint density at radius 1 is 1.30 bits per heavy atom. The van der Waals surface area contributed by atoms with Crippen LogP contribution < -0.4 is 5.32 Å². The number of imidazole rings is 1. The van der Waals surface area contributed by atoms with Crippen LogP contribution in [0.4, 0.5) is 0 Å². The number of fused-ring (bicyclic) bond motifs is 1. The SMILES string of the molecule is Cc1nc2c(n1C(C)C(=O)NCCC(C)C)CCCC2. The molecule has 1 heterocycles. The zero-order chi connectivity index (χ0) is 14.7. The minimum Gasteiger partial charge on any atom is -0.354 e. The number of carbonyl (C=O) groups is 1. The van der Waals surface area contributed by atoms with Gasteiger partial charge < -0.3 is 9.88 Å². The summed E-state index contributed by atoms with van der Waals surface area (Å²) in [4.78, 5) is 16.9. The van der Waals surface area contributed by atoms with E-state index < -0.39 is 0 Å². The lowest BCUT2D eigenvalue weighted by Crippen LogP contribution is -2.33. The molecule has 0 aliphatic heterocycles. The molecule has 1 N–H and O–H groups in total. The number of nitrogens with one attached hydrogen (secondary N) is 1. The van der Waals surface area contributed by atoms with Crippen LogP contribution in [0.15, 0.2) is 0 Å². The number of aryl methyl sites for hydroxylation is 2. The van der Waals surface area contributed by atoms with Crippen molar-refractivity contribution in [2.75, 3.05) is 6.54 Å². The van der Waals surface area contributed by atoms with Gasteiger partial charge in [-0.25, -0.2) is 4.98 Å². The summed E-state index contributed by atoms with van der Waals surface area (Å²) in [6, 6.07) is -0.156. The van der Waals surface area contributed by atoms with Crippen molar-refractivity contribution < 1.29 is 4.79 Å². The predicted molar refractivity (Wildman–Crippen MR) is 80.8 cm³/mol. The molecule has 1 aromatic rings. The number of aromatic nitrogens is 2. The lowest BCUT2D eigenvalue weighted by Gasteiger charge is -2.20. The van der Waals surface area contributed by atoms with Crippen molar-refractivity contribution in [1.82, 2.24) is 14.9 Å². The normalized spacial score (nSPS) is 16.1. The second-order valence-electron chi connectivity index (χ2n) is 6.28. The van der Waals surface area contributed by atoms with Gasteiger partial charge in [-0.3, -0.25) is 4.79 Å². The molecule has 1 unspecified atom stereocenters. The van der Waals surface area contributed by atoms with Crippen LogP contribution in [-0.2, 0) is 17.6 Å². The Kier molecular flexibility index (Phi) is 4.84. The summed E-state index contributed by atoms with van der Waals surface area (Å²) in [6.45, 7) is 9.10. The summed E-state index contributed by atoms with van der Waals surface area (Å²) in [5.74, 6) is 1.70. The van der Waals surface area contributed by atoms with Crippen molar-refractivity contribution in [3.8, 4) is 0 Å². The van der Waals surface area contributed by atoms with Crippen molar-refractivity contribution in [3.63, 3.8) is 0 Å². The fraction of sp³-hybridized carbons (Fsp3) is 0.750. The Balaban J connectivity index is 2.07. The minimum atomic E-state index is -0.156. The Morgan fingerprint density at radius 3 is 2.70 bits per heavy atom. The monoisotopic (exact) mass is 277 g/mol. The van der Waals surface area contributed by atoms with Gasteiger partial charge in [0.15, 0.2) is 0 Å². The summed E-state index contributed by atoms with van der Waals surface area (Å²) in [6.07, 6.45) is 5.57. The maximum Gasteiger partial charge on any atom is 0.242 e. The van der Waals surface area contributed by atoms with Gasteiger partial charge in [-0.15, -0.1) is 0 Å². The highest BCUT2D eigenvalue weighted by Crippen LogP contribution is 2.25. The van der Waals surface area contributed by atoms with Gasteiger partial charge in [-0.05, 0) is 51.9 Å². The fourth-order valence-electron chi connectivity index (χ4n) is 2.96. The molecule has 2 rings (SSSR count). The molecule has 4 nitrogen and oxygen atoms in total. The van der Waals surface area contributed by atoms with Crippen molar-refractivity contribution in [1.29, 1.82) is 0 Å². The van der Waals surface area contributed by atoms with Crippen LogP contribution in [-0.4, -0.2) is 22.0 Å². The molecule has 112 valence electrons. The Morgan fingerprint density at radius 2 is 2.00 bits per heavy atom. The number of rotatable bonds is 5. The first-order valence-corrected chi connectivity index (χ1v) is 7.85. The van der Waals surface area contributed by atoms with Crippen molar-refractivity contribution in [3.05, 3.63) is 17.2 Å². The zero-order valence-corrected chi connectivity index (χ0v) is 13.2. The van der Waals surface area contributed by atoms with Crippen LogP contribution >= 0.6 is 0 Å². The smallest absolute Gasteiger partial charge is 0.242 e. The third kappa shape index (κ3) is 3.22. The van der Waals surface area contributed by atoms with E-state index in [4.69, 9.17) is 0 Å². The molecule has 1 aromatic heterocycles. The summed E-state index contributed by atoms with van der Waals surface area (Å²) in [5.41, 5.74) is 2.48. The van der Waals surface area contributed by atoms with Gasteiger partial charge in [0.05, 0.1) is 5.69 Å². The molecule has 0 bridgehead atoms. The molecule has 1 amide bonds. The summed E-state index contributed by atoms with van der Waals surface area (Å²) >= 11 is 0. The molecule has 1 aliphatic rings. The minimum absolute atomic E-state index is 0.111. The second kappa shape index (κ2) is 6.42. The van der Waals surface area contributed by atoms with E-state index in [1.807, 2.05) is 13.8 Å². The highest BCUT2D eigenvalue weighted by molar-refractivity contribution is 5.80. The third-order valence-electron chi connectivity index (χ3n) is 4.13. The first kappa shape index (κ1) is 15.1. The maximum absolute atomic E-state index is 12.3. The van der Waals surface area contributed by atoms with Crippen LogP contribution in [0.5, 0.6) is 0 Å². The number of nitrogens with zero attached hydrogens (tertiary/aromatic N) is 2. The van der Waals surface area contributed by atoms with Crippen LogP contribution in [0.3, 0.4) is 0 Å². The van der Waals surface area contributed by atoms with E-state index in [1.54, 1.807) is 0 Å². The molecule has 0 aromatic carbocycles. The highest BCUT2D eigenvalue weighted by atomic mass is 16.2. The van der Waals surface area contributed by atoms with Crippen LogP contribution in [0.1, 0.15) is 63.3 Å². The first-order valence-electron chi connectivity index (χ1n) is 7.85. The van der Waals surface area contributed by atoms with E-state index in [-0.39, 0.29) is 11.9 Å². The lowest BCUT2D eigenvalue weighted by molar-refractivity contribution is -0.124. The quantitative estimate of drug-likeness (QED) is 0.899. The van der Waals surface area contributed by atoms with Gasteiger partial charge in [0, 0.05) is 12.2 Å². The Hall–Kier alpha value is -1.32. The number of carbonyl (C=O) groups excluding carboxylic acids is 1. The highest BCUT2D eigenvalue weighted by Gasteiger charge is 2.24. The Labute approximate surface area is 122 Å². The molecule has 0 radical (unpaired) electrons. The van der Waals surface area contributed by atoms with Gasteiger partial charge in [-0.1, -0.05) is 13.8 Å². The molecule has 20 heavy (non-hydrogen) atoms. The molecule has 1 atom stereocenters. The molecule has 1 aliphatic carbocycles.